The standard InChI is InChI=1S/C11H9BrN2OS/c1-7-4-13-11(14-5-7)10(15)3-9-2-8(12)6-16-9/h2,4-6H,3H2,1H3. The summed E-state index contributed by atoms with van der Waals surface area (Å²) in [6, 6.07) is 1.94. The van der Waals surface area contributed by atoms with Gasteiger partial charge in [-0.1, -0.05) is 0 Å². The second-order valence-corrected chi connectivity index (χ2v) is 5.33. The molecule has 82 valence electrons. The highest BCUT2D eigenvalue weighted by atomic mass is 79.9. The fourth-order valence-electron chi connectivity index (χ4n) is 1.22. The highest BCUT2D eigenvalue weighted by molar-refractivity contribution is 9.10. The number of carbonyl (C=O) groups is 1. The highest BCUT2D eigenvalue weighted by Crippen LogP contribution is 2.20. The Morgan fingerprint density at radius 3 is 2.69 bits per heavy atom. The Morgan fingerprint density at radius 1 is 1.44 bits per heavy atom. The largest absolute Gasteiger partial charge is 0.290 e. The van der Waals surface area contributed by atoms with Crippen molar-refractivity contribution in [3.8, 4) is 0 Å². The zero-order valence-corrected chi connectivity index (χ0v) is 11.0. The number of aromatic nitrogens is 2. The maximum Gasteiger partial charge on any atom is 0.205 e. The van der Waals surface area contributed by atoms with E-state index < -0.39 is 0 Å². The second kappa shape index (κ2) is 4.84. The van der Waals surface area contributed by atoms with Crippen LogP contribution in [0.4, 0.5) is 0 Å². The molecule has 0 saturated heterocycles. The molecule has 0 aliphatic heterocycles. The Kier molecular flexibility index (Phi) is 3.46. The SMILES string of the molecule is Cc1cnc(C(=O)Cc2cc(Br)cs2)nc1. The minimum atomic E-state index is -0.0469. The molecule has 2 heterocycles. The van der Waals surface area contributed by atoms with Crippen LogP contribution in [0.1, 0.15) is 21.1 Å². The molecule has 0 atom stereocenters. The first-order valence-electron chi connectivity index (χ1n) is 4.70. The summed E-state index contributed by atoms with van der Waals surface area (Å²) in [4.78, 5) is 20.8. The summed E-state index contributed by atoms with van der Waals surface area (Å²) < 4.78 is 1.00. The summed E-state index contributed by atoms with van der Waals surface area (Å²) >= 11 is 4.91. The Balaban J connectivity index is 2.11. The van der Waals surface area contributed by atoms with Gasteiger partial charge in [-0.2, -0.15) is 0 Å². The molecular formula is C11H9BrN2OS. The molecule has 0 aromatic carbocycles. The number of halogens is 1. The van der Waals surface area contributed by atoms with Crippen LogP contribution in [0, 0.1) is 6.92 Å². The zero-order valence-electron chi connectivity index (χ0n) is 8.61. The van der Waals surface area contributed by atoms with Gasteiger partial charge in [-0.3, -0.25) is 4.79 Å². The fraction of sp³-hybridized carbons (Fsp3) is 0.182. The maximum atomic E-state index is 11.8. The molecule has 0 radical (unpaired) electrons. The van der Waals surface area contributed by atoms with E-state index in [0.717, 1.165) is 14.9 Å². The number of rotatable bonds is 3. The van der Waals surface area contributed by atoms with E-state index in [4.69, 9.17) is 0 Å². The molecule has 3 nitrogen and oxygen atoms in total. The zero-order chi connectivity index (χ0) is 11.5. The summed E-state index contributed by atoms with van der Waals surface area (Å²) in [7, 11) is 0. The summed E-state index contributed by atoms with van der Waals surface area (Å²) in [5.74, 6) is 0.240. The van der Waals surface area contributed by atoms with Crippen LogP contribution in [0.15, 0.2) is 28.3 Å². The molecule has 0 amide bonds. The van der Waals surface area contributed by atoms with Gasteiger partial charge < -0.3 is 0 Å². The number of ketones is 1. The minimum Gasteiger partial charge on any atom is -0.290 e. The molecular weight excluding hydrogens is 288 g/mol. The van der Waals surface area contributed by atoms with Crippen LogP contribution in [0.5, 0.6) is 0 Å². The predicted molar refractivity (Wildman–Crippen MR) is 66.8 cm³/mol. The molecule has 16 heavy (non-hydrogen) atoms. The van der Waals surface area contributed by atoms with Crippen LogP contribution >= 0.6 is 27.3 Å². The molecule has 0 bridgehead atoms. The molecule has 0 N–H and O–H groups in total. The van der Waals surface area contributed by atoms with Gasteiger partial charge in [0.1, 0.15) is 0 Å². The monoisotopic (exact) mass is 296 g/mol. The van der Waals surface area contributed by atoms with Crippen LogP contribution in [0.3, 0.4) is 0 Å². The van der Waals surface area contributed by atoms with Crippen molar-refractivity contribution < 1.29 is 4.79 Å². The van der Waals surface area contributed by atoms with Crippen molar-refractivity contribution in [3.63, 3.8) is 0 Å². The Bertz CT molecular complexity index is 507. The van der Waals surface area contributed by atoms with Gasteiger partial charge in [0.25, 0.3) is 0 Å². The van der Waals surface area contributed by atoms with Crippen molar-refractivity contribution in [3.05, 3.63) is 44.6 Å². The number of hydrogen-bond donors (Lipinski definition) is 0. The Morgan fingerprint density at radius 2 is 2.12 bits per heavy atom. The first-order valence-corrected chi connectivity index (χ1v) is 6.37. The van der Waals surface area contributed by atoms with Gasteiger partial charge >= 0.3 is 0 Å². The number of nitrogens with zero attached hydrogens (tertiary/aromatic N) is 2. The van der Waals surface area contributed by atoms with Gasteiger partial charge in [-0.15, -0.1) is 11.3 Å². The summed E-state index contributed by atoms with van der Waals surface area (Å²) in [6.45, 7) is 1.89. The van der Waals surface area contributed by atoms with Gasteiger partial charge in [0, 0.05) is 33.5 Å². The summed E-state index contributed by atoms with van der Waals surface area (Å²) in [5, 5.41) is 1.96. The highest BCUT2D eigenvalue weighted by Gasteiger charge is 2.11. The molecule has 2 aromatic rings. The lowest BCUT2D eigenvalue weighted by Crippen LogP contribution is -2.07. The molecule has 0 unspecified atom stereocenters. The van der Waals surface area contributed by atoms with E-state index in [1.165, 1.54) is 0 Å². The van der Waals surface area contributed by atoms with Crippen molar-refractivity contribution in [1.29, 1.82) is 0 Å². The fourth-order valence-corrected chi connectivity index (χ4v) is 2.67. The lowest BCUT2D eigenvalue weighted by atomic mass is 10.2. The van der Waals surface area contributed by atoms with Crippen molar-refractivity contribution in [1.82, 2.24) is 9.97 Å². The van der Waals surface area contributed by atoms with E-state index >= 15 is 0 Å². The van der Waals surface area contributed by atoms with E-state index in [9.17, 15) is 4.79 Å². The van der Waals surface area contributed by atoms with E-state index in [1.54, 1.807) is 23.7 Å². The second-order valence-electron chi connectivity index (χ2n) is 3.42. The molecule has 0 aliphatic rings. The van der Waals surface area contributed by atoms with Crippen LogP contribution in [-0.2, 0) is 6.42 Å². The normalized spacial score (nSPS) is 10.4. The molecule has 0 fully saturated rings. The Labute approximate surface area is 106 Å². The molecule has 0 spiro atoms. The number of aryl methyl sites for hydroxylation is 1. The van der Waals surface area contributed by atoms with Gasteiger partial charge in [0.2, 0.25) is 5.78 Å². The molecule has 2 aromatic heterocycles. The van der Waals surface area contributed by atoms with Crippen LogP contribution in [0.2, 0.25) is 0 Å². The van der Waals surface area contributed by atoms with Gasteiger partial charge in [-0.05, 0) is 34.5 Å². The van der Waals surface area contributed by atoms with E-state index in [2.05, 4.69) is 25.9 Å². The van der Waals surface area contributed by atoms with Gasteiger partial charge in [-0.25, -0.2) is 9.97 Å². The number of thiophene rings is 1. The average Bonchev–Trinajstić information content (AvgIpc) is 2.65. The first kappa shape index (κ1) is 11.4. The third-order valence-corrected chi connectivity index (χ3v) is 3.68. The van der Waals surface area contributed by atoms with E-state index in [0.29, 0.717) is 6.42 Å². The van der Waals surface area contributed by atoms with Gasteiger partial charge in [0.15, 0.2) is 5.82 Å². The number of carbonyl (C=O) groups excluding carboxylic acids is 1. The van der Waals surface area contributed by atoms with Crippen molar-refractivity contribution in [2.45, 2.75) is 13.3 Å². The molecule has 0 aliphatic carbocycles. The predicted octanol–water partition coefficient (Wildman–Crippen LogP) is 3.03. The first-order chi connectivity index (χ1) is 7.65. The van der Waals surface area contributed by atoms with Crippen LogP contribution < -0.4 is 0 Å². The van der Waals surface area contributed by atoms with Crippen molar-refractivity contribution >= 4 is 33.0 Å². The average molecular weight is 297 g/mol. The molecule has 0 saturated carbocycles. The lowest BCUT2D eigenvalue weighted by molar-refractivity contribution is 0.0984. The molecule has 5 heteroatoms. The van der Waals surface area contributed by atoms with Crippen molar-refractivity contribution in [2.24, 2.45) is 0 Å². The molecule has 2 rings (SSSR count). The minimum absolute atomic E-state index is 0.0469. The maximum absolute atomic E-state index is 11.8. The van der Waals surface area contributed by atoms with Crippen LogP contribution in [-0.4, -0.2) is 15.8 Å². The van der Waals surface area contributed by atoms with Crippen LogP contribution in [0.25, 0.3) is 0 Å². The smallest absolute Gasteiger partial charge is 0.205 e. The van der Waals surface area contributed by atoms with E-state index in [-0.39, 0.29) is 11.6 Å². The van der Waals surface area contributed by atoms with E-state index in [1.807, 2.05) is 18.4 Å². The van der Waals surface area contributed by atoms with Crippen molar-refractivity contribution in [2.75, 3.05) is 0 Å². The number of Topliss-reactive ketones (excluding diaryl/α,β-unsaturated/α-hetero) is 1. The topological polar surface area (TPSA) is 42.9 Å². The quantitative estimate of drug-likeness (QED) is 0.818. The lowest BCUT2D eigenvalue weighted by Gasteiger charge is -1.97. The van der Waals surface area contributed by atoms with Gasteiger partial charge in [0.05, 0.1) is 0 Å². The summed E-state index contributed by atoms with van der Waals surface area (Å²) in [5.41, 5.74) is 0.954. The third kappa shape index (κ3) is 2.74. The third-order valence-electron chi connectivity index (χ3n) is 1.99. The Hall–Kier alpha value is -1.07. The number of hydrogen-bond acceptors (Lipinski definition) is 4. The summed E-state index contributed by atoms with van der Waals surface area (Å²) in [6.07, 6.45) is 3.68.